The number of rotatable bonds is 4. The minimum atomic E-state index is 0.869. The molecule has 0 amide bonds. The van der Waals surface area contributed by atoms with Crippen LogP contribution in [0.1, 0.15) is 0 Å². The smallest absolute Gasteiger partial charge is 0.159 e. The number of anilines is 3. The monoisotopic (exact) mass is 611 g/mol. The summed E-state index contributed by atoms with van der Waals surface area (Å²) in [5.41, 5.74) is 7.30. The molecule has 10 aromatic rings. The van der Waals surface area contributed by atoms with Crippen molar-refractivity contribution >= 4 is 82.1 Å². The fourth-order valence-electron chi connectivity index (χ4n) is 7.65. The van der Waals surface area contributed by atoms with Crippen LogP contribution in [0.4, 0.5) is 17.1 Å². The van der Waals surface area contributed by atoms with Gasteiger partial charge in [-0.1, -0.05) is 152 Å². The van der Waals surface area contributed by atoms with Gasteiger partial charge in [-0.05, 0) is 62.1 Å². The number of nitrogens with zero attached hydrogens (tertiary/aromatic N) is 1. The van der Waals surface area contributed by atoms with Crippen molar-refractivity contribution in [1.29, 1.82) is 0 Å². The Morgan fingerprint density at radius 2 is 0.854 bits per heavy atom. The first kappa shape index (κ1) is 26.8. The average molecular weight is 612 g/mol. The van der Waals surface area contributed by atoms with E-state index in [4.69, 9.17) is 4.42 Å². The summed E-state index contributed by atoms with van der Waals surface area (Å²) in [4.78, 5) is 2.43. The Labute approximate surface area is 277 Å². The molecule has 2 nitrogen and oxygen atoms in total. The van der Waals surface area contributed by atoms with Crippen molar-refractivity contribution in [3.05, 3.63) is 176 Å². The Kier molecular flexibility index (Phi) is 5.91. The molecule has 0 aliphatic carbocycles. The predicted octanol–water partition coefficient (Wildman–Crippen LogP) is 13.3. The second-order valence-electron chi connectivity index (χ2n) is 12.5. The van der Waals surface area contributed by atoms with Crippen molar-refractivity contribution in [3.8, 4) is 11.1 Å². The number of hydrogen-bond donors (Lipinski definition) is 0. The standard InChI is InChI=1S/C46H29NO/c1-2-12-30(13-3-1)35-17-8-9-21-40(35)47(42-23-11-20-38-39-29-28-32-15-5-7-19-37(32)45(39)48-46(38)42)41-22-10-16-33-26-27-34-25-24-31-14-4-6-18-36(31)43(34)44(33)41/h1-29H. The Morgan fingerprint density at radius 1 is 0.312 bits per heavy atom. The molecule has 0 bridgehead atoms. The summed E-state index contributed by atoms with van der Waals surface area (Å²) in [6.07, 6.45) is 0. The highest BCUT2D eigenvalue weighted by atomic mass is 16.3. The molecule has 0 aliphatic heterocycles. The van der Waals surface area contributed by atoms with Crippen LogP contribution in [0.2, 0.25) is 0 Å². The first-order chi connectivity index (χ1) is 23.8. The van der Waals surface area contributed by atoms with Crippen LogP contribution < -0.4 is 4.90 Å². The van der Waals surface area contributed by atoms with Crippen molar-refractivity contribution in [3.63, 3.8) is 0 Å². The maximum Gasteiger partial charge on any atom is 0.159 e. The predicted molar refractivity (Wildman–Crippen MR) is 204 cm³/mol. The molecule has 1 heterocycles. The fraction of sp³-hybridized carbons (Fsp3) is 0. The molecule has 0 saturated carbocycles. The first-order valence-electron chi connectivity index (χ1n) is 16.4. The zero-order valence-corrected chi connectivity index (χ0v) is 26.1. The normalized spacial score (nSPS) is 11.8. The van der Waals surface area contributed by atoms with E-state index in [1.807, 2.05) is 0 Å². The molecular weight excluding hydrogens is 583 g/mol. The van der Waals surface area contributed by atoms with E-state index < -0.39 is 0 Å². The topological polar surface area (TPSA) is 16.4 Å². The van der Waals surface area contributed by atoms with Crippen LogP contribution in [-0.2, 0) is 0 Å². The molecular formula is C46H29NO. The average Bonchev–Trinajstić information content (AvgIpc) is 3.55. The van der Waals surface area contributed by atoms with Crippen molar-refractivity contribution in [1.82, 2.24) is 0 Å². The largest absolute Gasteiger partial charge is 0.453 e. The minimum absolute atomic E-state index is 0.869. The Hall–Kier alpha value is -6.38. The summed E-state index contributed by atoms with van der Waals surface area (Å²) in [5, 5.41) is 11.9. The summed E-state index contributed by atoms with van der Waals surface area (Å²) in [7, 11) is 0. The highest BCUT2D eigenvalue weighted by molar-refractivity contribution is 6.25. The van der Waals surface area contributed by atoms with Gasteiger partial charge in [0.05, 0.1) is 17.1 Å². The lowest BCUT2D eigenvalue weighted by Gasteiger charge is -2.29. The number of furan rings is 1. The third-order valence-electron chi connectivity index (χ3n) is 9.81. The first-order valence-corrected chi connectivity index (χ1v) is 16.4. The molecule has 9 aromatic carbocycles. The van der Waals surface area contributed by atoms with Gasteiger partial charge in [0.15, 0.2) is 5.58 Å². The van der Waals surface area contributed by atoms with Crippen LogP contribution in [0, 0.1) is 0 Å². The molecule has 10 rings (SSSR count). The van der Waals surface area contributed by atoms with Crippen LogP contribution in [0.15, 0.2) is 180 Å². The van der Waals surface area contributed by atoms with E-state index in [9.17, 15) is 0 Å². The summed E-state index contributed by atoms with van der Waals surface area (Å²) >= 11 is 0. The van der Waals surface area contributed by atoms with Crippen LogP contribution in [-0.4, -0.2) is 0 Å². The molecule has 0 atom stereocenters. The Morgan fingerprint density at radius 3 is 1.71 bits per heavy atom. The lowest BCUT2D eigenvalue weighted by atomic mass is 9.94. The van der Waals surface area contributed by atoms with Crippen LogP contribution in [0.3, 0.4) is 0 Å². The van der Waals surface area contributed by atoms with Gasteiger partial charge >= 0.3 is 0 Å². The second kappa shape index (κ2) is 10.6. The van der Waals surface area contributed by atoms with E-state index in [2.05, 4.69) is 181 Å². The molecule has 0 N–H and O–H groups in total. The van der Waals surface area contributed by atoms with Gasteiger partial charge in [-0.3, -0.25) is 0 Å². The van der Waals surface area contributed by atoms with Gasteiger partial charge in [-0.25, -0.2) is 0 Å². The van der Waals surface area contributed by atoms with Gasteiger partial charge in [0.25, 0.3) is 0 Å². The quantitative estimate of drug-likeness (QED) is 0.184. The van der Waals surface area contributed by atoms with Crippen LogP contribution >= 0.6 is 0 Å². The molecule has 0 aliphatic rings. The zero-order chi connectivity index (χ0) is 31.6. The third-order valence-corrected chi connectivity index (χ3v) is 9.81. The molecule has 48 heavy (non-hydrogen) atoms. The number of para-hydroxylation sites is 2. The maximum atomic E-state index is 6.99. The van der Waals surface area contributed by atoms with E-state index in [-0.39, 0.29) is 0 Å². The Balaban J connectivity index is 1.37. The van der Waals surface area contributed by atoms with Crippen molar-refractivity contribution < 1.29 is 4.42 Å². The van der Waals surface area contributed by atoms with E-state index in [1.54, 1.807) is 0 Å². The lowest BCUT2D eigenvalue weighted by Crippen LogP contribution is -2.12. The molecule has 1 aromatic heterocycles. The highest BCUT2D eigenvalue weighted by Crippen LogP contribution is 2.49. The number of hydrogen-bond acceptors (Lipinski definition) is 2. The van der Waals surface area contributed by atoms with Crippen LogP contribution in [0.25, 0.3) is 76.2 Å². The van der Waals surface area contributed by atoms with Gasteiger partial charge in [0, 0.05) is 27.1 Å². The van der Waals surface area contributed by atoms with Crippen molar-refractivity contribution in [2.24, 2.45) is 0 Å². The van der Waals surface area contributed by atoms with E-state index in [0.29, 0.717) is 0 Å². The summed E-state index contributed by atoms with van der Waals surface area (Å²) in [5.74, 6) is 0. The summed E-state index contributed by atoms with van der Waals surface area (Å²) < 4.78 is 6.99. The fourth-order valence-corrected chi connectivity index (χ4v) is 7.65. The molecule has 0 saturated heterocycles. The highest BCUT2D eigenvalue weighted by Gasteiger charge is 2.24. The molecule has 0 spiro atoms. The molecule has 0 unspecified atom stereocenters. The lowest BCUT2D eigenvalue weighted by molar-refractivity contribution is 0.673. The zero-order valence-electron chi connectivity index (χ0n) is 26.1. The molecule has 0 fully saturated rings. The maximum absolute atomic E-state index is 6.99. The van der Waals surface area contributed by atoms with Gasteiger partial charge in [0.2, 0.25) is 0 Å². The van der Waals surface area contributed by atoms with E-state index in [1.165, 1.54) is 37.7 Å². The van der Waals surface area contributed by atoms with E-state index in [0.717, 1.165) is 55.5 Å². The third kappa shape index (κ3) is 4.00. The number of fused-ring (bicyclic) bond motifs is 10. The van der Waals surface area contributed by atoms with Crippen LogP contribution in [0.5, 0.6) is 0 Å². The minimum Gasteiger partial charge on any atom is -0.453 e. The van der Waals surface area contributed by atoms with Gasteiger partial charge < -0.3 is 9.32 Å². The molecule has 2 heteroatoms. The molecule has 0 radical (unpaired) electrons. The summed E-state index contributed by atoms with van der Waals surface area (Å²) in [6, 6.07) is 63.2. The van der Waals surface area contributed by atoms with Crippen molar-refractivity contribution in [2.45, 2.75) is 0 Å². The van der Waals surface area contributed by atoms with Gasteiger partial charge in [-0.2, -0.15) is 0 Å². The van der Waals surface area contributed by atoms with Gasteiger partial charge in [0.1, 0.15) is 5.58 Å². The Bertz CT molecular complexity index is 2840. The van der Waals surface area contributed by atoms with Crippen molar-refractivity contribution in [2.75, 3.05) is 4.90 Å². The summed E-state index contributed by atoms with van der Waals surface area (Å²) in [6.45, 7) is 0. The number of benzene rings is 9. The molecule has 224 valence electrons. The second-order valence-corrected chi connectivity index (χ2v) is 12.5. The van der Waals surface area contributed by atoms with E-state index >= 15 is 0 Å². The van der Waals surface area contributed by atoms with Gasteiger partial charge in [-0.15, -0.1) is 0 Å². The SMILES string of the molecule is c1ccc(-c2ccccc2N(c2cccc3c2oc2c4ccccc4ccc32)c2cccc3ccc4ccc5ccccc5c4c23)cc1.